The Labute approximate surface area is 100 Å². The van der Waals surface area contributed by atoms with Crippen molar-refractivity contribution in [2.75, 3.05) is 38.2 Å². The van der Waals surface area contributed by atoms with Crippen molar-refractivity contribution in [3.8, 4) is 0 Å². The van der Waals surface area contributed by atoms with Crippen LogP contribution in [0, 0.1) is 0 Å². The van der Waals surface area contributed by atoms with Gasteiger partial charge in [0.25, 0.3) is 0 Å². The standard InChI is InChI=1S/C11H16N4O2/c16-11(15-5-7-17-8-6-15)2-4-13-10-1-3-12-9-14-10/h1,3,9H,2,4-8H2,(H,12,13,14). The number of carbonyl (C=O) groups excluding carboxylic acids is 1. The molecular weight excluding hydrogens is 220 g/mol. The molecule has 6 heteroatoms. The average molecular weight is 236 g/mol. The van der Waals surface area contributed by atoms with Crippen molar-refractivity contribution in [1.29, 1.82) is 0 Å². The van der Waals surface area contributed by atoms with Gasteiger partial charge in [-0.3, -0.25) is 4.79 Å². The maximum absolute atomic E-state index is 11.8. The SMILES string of the molecule is O=C(CCNc1ccncn1)N1CCOCC1. The Morgan fingerprint density at radius 3 is 3.00 bits per heavy atom. The molecule has 0 spiro atoms. The Bertz CT molecular complexity index is 352. The summed E-state index contributed by atoms with van der Waals surface area (Å²) in [4.78, 5) is 21.5. The third-order valence-electron chi connectivity index (χ3n) is 2.59. The number of hydrogen-bond donors (Lipinski definition) is 1. The van der Waals surface area contributed by atoms with Crippen LogP contribution in [0.4, 0.5) is 5.82 Å². The Kier molecular flexibility index (Phi) is 4.26. The summed E-state index contributed by atoms with van der Waals surface area (Å²) in [5.41, 5.74) is 0. The van der Waals surface area contributed by atoms with E-state index in [9.17, 15) is 4.79 Å². The van der Waals surface area contributed by atoms with Gasteiger partial charge in [-0.2, -0.15) is 0 Å². The molecule has 1 fully saturated rings. The van der Waals surface area contributed by atoms with E-state index >= 15 is 0 Å². The lowest BCUT2D eigenvalue weighted by molar-refractivity contribution is -0.134. The van der Waals surface area contributed by atoms with Crippen molar-refractivity contribution < 1.29 is 9.53 Å². The second-order valence-corrected chi connectivity index (χ2v) is 3.76. The van der Waals surface area contributed by atoms with Crippen molar-refractivity contribution in [3.05, 3.63) is 18.6 Å². The molecule has 0 atom stereocenters. The number of morpholine rings is 1. The van der Waals surface area contributed by atoms with E-state index in [2.05, 4.69) is 15.3 Å². The molecule has 2 rings (SSSR count). The minimum atomic E-state index is 0.162. The van der Waals surface area contributed by atoms with Crippen LogP contribution in [0.3, 0.4) is 0 Å². The van der Waals surface area contributed by atoms with Gasteiger partial charge in [-0.15, -0.1) is 0 Å². The zero-order valence-corrected chi connectivity index (χ0v) is 9.63. The molecule has 1 aromatic rings. The lowest BCUT2D eigenvalue weighted by atomic mass is 10.3. The molecule has 17 heavy (non-hydrogen) atoms. The highest BCUT2D eigenvalue weighted by atomic mass is 16.5. The van der Waals surface area contributed by atoms with Gasteiger partial charge in [-0.1, -0.05) is 0 Å². The maximum Gasteiger partial charge on any atom is 0.224 e. The fraction of sp³-hybridized carbons (Fsp3) is 0.545. The van der Waals surface area contributed by atoms with Gasteiger partial charge in [0.05, 0.1) is 13.2 Å². The molecule has 0 saturated carbocycles. The van der Waals surface area contributed by atoms with Crippen LogP contribution in [0.2, 0.25) is 0 Å². The molecule has 2 heterocycles. The fourth-order valence-electron chi connectivity index (χ4n) is 1.66. The van der Waals surface area contributed by atoms with Crippen LogP contribution in [-0.4, -0.2) is 53.6 Å². The molecule has 92 valence electrons. The predicted molar refractivity (Wildman–Crippen MR) is 62.5 cm³/mol. The first-order chi connectivity index (χ1) is 8.36. The molecule has 0 radical (unpaired) electrons. The topological polar surface area (TPSA) is 67.4 Å². The quantitative estimate of drug-likeness (QED) is 0.805. The van der Waals surface area contributed by atoms with Crippen molar-refractivity contribution in [2.24, 2.45) is 0 Å². The molecule has 1 amide bonds. The second-order valence-electron chi connectivity index (χ2n) is 3.76. The molecule has 1 N–H and O–H groups in total. The minimum absolute atomic E-state index is 0.162. The van der Waals surface area contributed by atoms with E-state index in [1.165, 1.54) is 6.33 Å². The van der Waals surface area contributed by atoms with E-state index in [0.29, 0.717) is 39.3 Å². The number of carbonyl (C=O) groups is 1. The molecule has 1 aliphatic rings. The number of ether oxygens (including phenoxy) is 1. The van der Waals surface area contributed by atoms with E-state index in [-0.39, 0.29) is 5.91 Å². The fourth-order valence-corrected chi connectivity index (χ4v) is 1.66. The van der Waals surface area contributed by atoms with Crippen molar-refractivity contribution in [2.45, 2.75) is 6.42 Å². The molecule has 1 aliphatic heterocycles. The monoisotopic (exact) mass is 236 g/mol. The van der Waals surface area contributed by atoms with Gasteiger partial charge < -0.3 is 15.0 Å². The van der Waals surface area contributed by atoms with E-state index < -0.39 is 0 Å². The summed E-state index contributed by atoms with van der Waals surface area (Å²) in [5.74, 6) is 0.907. The number of aromatic nitrogens is 2. The summed E-state index contributed by atoms with van der Waals surface area (Å²) >= 11 is 0. The molecule has 1 aromatic heterocycles. The summed E-state index contributed by atoms with van der Waals surface area (Å²) in [6, 6.07) is 1.78. The Morgan fingerprint density at radius 2 is 2.29 bits per heavy atom. The van der Waals surface area contributed by atoms with Crippen LogP contribution in [0.25, 0.3) is 0 Å². The van der Waals surface area contributed by atoms with Gasteiger partial charge in [0.1, 0.15) is 12.1 Å². The first kappa shape index (κ1) is 11.8. The lowest BCUT2D eigenvalue weighted by Crippen LogP contribution is -2.41. The number of hydrogen-bond acceptors (Lipinski definition) is 5. The predicted octanol–water partition coefficient (Wildman–Crippen LogP) is 0.137. The van der Waals surface area contributed by atoms with E-state index in [0.717, 1.165) is 5.82 Å². The number of amides is 1. The van der Waals surface area contributed by atoms with Gasteiger partial charge in [0.15, 0.2) is 0 Å². The average Bonchev–Trinajstić information content (AvgIpc) is 2.41. The molecule has 0 aromatic carbocycles. The molecule has 0 aliphatic carbocycles. The summed E-state index contributed by atoms with van der Waals surface area (Å²) in [6.07, 6.45) is 3.62. The number of nitrogens with zero attached hydrogens (tertiary/aromatic N) is 3. The van der Waals surface area contributed by atoms with E-state index in [1.54, 1.807) is 12.3 Å². The highest BCUT2D eigenvalue weighted by Crippen LogP contribution is 2.02. The van der Waals surface area contributed by atoms with Crippen LogP contribution < -0.4 is 5.32 Å². The van der Waals surface area contributed by atoms with E-state index in [4.69, 9.17) is 4.74 Å². The van der Waals surface area contributed by atoms with Gasteiger partial charge in [0, 0.05) is 32.3 Å². The van der Waals surface area contributed by atoms with Crippen molar-refractivity contribution >= 4 is 11.7 Å². The van der Waals surface area contributed by atoms with Crippen LogP contribution in [-0.2, 0) is 9.53 Å². The largest absolute Gasteiger partial charge is 0.378 e. The Hall–Kier alpha value is -1.69. The van der Waals surface area contributed by atoms with Gasteiger partial charge in [0.2, 0.25) is 5.91 Å². The number of nitrogens with one attached hydrogen (secondary N) is 1. The van der Waals surface area contributed by atoms with Gasteiger partial charge in [-0.25, -0.2) is 9.97 Å². The van der Waals surface area contributed by atoms with E-state index in [1.807, 2.05) is 4.90 Å². The summed E-state index contributed by atoms with van der Waals surface area (Å²) in [7, 11) is 0. The van der Waals surface area contributed by atoms with Crippen LogP contribution in [0.15, 0.2) is 18.6 Å². The van der Waals surface area contributed by atoms with Gasteiger partial charge in [-0.05, 0) is 6.07 Å². The first-order valence-electron chi connectivity index (χ1n) is 5.71. The lowest BCUT2D eigenvalue weighted by Gasteiger charge is -2.26. The highest BCUT2D eigenvalue weighted by Gasteiger charge is 2.15. The minimum Gasteiger partial charge on any atom is -0.378 e. The third kappa shape index (κ3) is 3.67. The van der Waals surface area contributed by atoms with Crippen LogP contribution in [0.1, 0.15) is 6.42 Å². The number of anilines is 1. The zero-order chi connectivity index (χ0) is 11.9. The molecule has 6 nitrogen and oxygen atoms in total. The zero-order valence-electron chi connectivity index (χ0n) is 9.63. The van der Waals surface area contributed by atoms with Crippen LogP contribution in [0.5, 0.6) is 0 Å². The molecular formula is C11H16N4O2. The first-order valence-corrected chi connectivity index (χ1v) is 5.71. The third-order valence-corrected chi connectivity index (χ3v) is 2.59. The highest BCUT2D eigenvalue weighted by molar-refractivity contribution is 5.76. The van der Waals surface area contributed by atoms with Gasteiger partial charge >= 0.3 is 0 Å². The Morgan fingerprint density at radius 1 is 1.47 bits per heavy atom. The summed E-state index contributed by atoms with van der Waals surface area (Å²) in [6.45, 7) is 3.28. The van der Waals surface area contributed by atoms with Crippen LogP contribution >= 0.6 is 0 Å². The maximum atomic E-state index is 11.8. The molecule has 0 bridgehead atoms. The smallest absolute Gasteiger partial charge is 0.224 e. The van der Waals surface area contributed by atoms with Crippen molar-refractivity contribution in [3.63, 3.8) is 0 Å². The van der Waals surface area contributed by atoms with Crippen molar-refractivity contribution in [1.82, 2.24) is 14.9 Å². The molecule has 0 unspecified atom stereocenters. The molecule has 1 saturated heterocycles. The second kappa shape index (κ2) is 6.15. The summed E-state index contributed by atoms with van der Waals surface area (Å²) in [5, 5.41) is 3.08. The number of rotatable bonds is 4. The Balaban J connectivity index is 1.69. The summed E-state index contributed by atoms with van der Waals surface area (Å²) < 4.78 is 5.20. The normalized spacial score (nSPS) is 15.6.